The van der Waals surface area contributed by atoms with Gasteiger partial charge in [-0.2, -0.15) is 0 Å². The van der Waals surface area contributed by atoms with E-state index in [1.54, 1.807) is 13.3 Å². The Labute approximate surface area is 156 Å². The molecule has 0 unspecified atom stereocenters. The van der Waals surface area contributed by atoms with Gasteiger partial charge in [-0.25, -0.2) is 8.78 Å². The standard InChI is InChI=1S/C16H19F2N3O2.HI/c1-19-16(20-7-6-13-3-2-9-22-13)21-8-10-23-15-5-4-12(17)11-14(15)18;/h2-5,9,11H,6-8,10H2,1H3,(H2,19,20,21);1H. The lowest BCUT2D eigenvalue weighted by Crippen LogP contribution is -2.40. The number of hydrogen-bond acceptors (Lipinski definition) is 3. The second-order valence-corrected chi connectivity index (χ2v) is 4.68. The molecule has 0 amide bonds. The highest BCUT2D eigenvalue weighted by Crippen LogP contribution is 2.17. The van der Waals surface area contributed by atoms with E-state index in [9.17, 15) is 8.78 Å². The van der Waals surface area contributed by atoms with E-state index in [4.69, 9.17) is 9.15 Å². The van der Waals surface area contributed by atoms with Crippen molar-refractivity contribution in [1.82, 2.24) is 10.6 Å². The number of nitrogens with one attached hydrogen (secondary N) is 2. The molecule has 0 fully saturated rings. The average molecular weight is 451 g/mol. The van der Waals surface area contributed by atoms with Crippen LogP contribution in [0.25, 0.3) is 0 Å². The van der Waals surface area contributed by atoms with Crippen molar-refractivity contribution in [3.05, 3.63) is 54.0 Å². The first kappa shape index (κ1) is 20.2. The molecule has 1 heterocycles. The predicted molar refractivity (Wildman–Crippen MR) is 99.0 cm³/mol. The van der Waals surface area contributed by atoms with Crippen LogP contribution >= 0.6 is 24.0 Å². The largest absolute Gasteiger partial charge is 0.489 e. The van der Waals surface area contributed by atoms with Crippen molar-refractivity contribution in [3.8, 4) is 5.75 Å². The molecule has 8 heteroatoms. The third kappa shape index (κ3) is 6.73. The molecule has 2 aromatic rings. The van der Waals surface area contributed by atoms with E-state index in [0.29, 0.717) is 19.0 Å². The van der Waals surface area contributed by atoms with Gasteiger partial charge < -0.3 is 19.8 Å². The SMILES string of the molecule is CN=C(NCCOc1ccc(F)cc1F)NCCc1ccco1.I. The molecule has 0 radical (unpaired) electrons. The van der Waals surface area contributed by atoms with Gasteiger partial charge in [-0.1, -0.05) is 0 Å². The molecule has 0 atom stereocenters. The van der Waals surface area contributed by atoms with Crippen molar-refractivity contribution in [2.45, 2.75) is 6.42 Å². The van der Waals surface area contributed by atoms with Gasteiger partial charge in [-0.15, -0.1) is 24.0 Å². The maximum Gasteiger partial charge on any atom is 0.191 e. The van der Waals surface area contributed by atoms with E-state index in [2.05, 4.69) is 15.6 Å². The van der Waals surface area contributed by atoms with E-state index in [0.717, 1.165) is 24.3 Å². The maximum absolute atomic E-state index is 13.4. The molecule has 2 rings (SSSR count). The molecule has 0 saturated heterocycles. The third-order valence-electron chi connectivity index (χ3n) is 3.01. The maximum atomic E-state index is 13.4. The molecule has 132 valence electrons. The number of rotatable bonds is 7. The first-order valence-corrected chi connectivity index (χ1v) is 7.24. The van der Waals surface area contributed by atoms with Gasteiger partial charge in [0.2, 0.25) is 0 Å². The van der Waals surface area contributed by atoms with Gasteiger partial charge in [0.05, 0.1) is 12.8 Å². The Balaban J connectivity index is 0.00000288. The lowest BCUT2D eigenvalue weighted by molar-refractivity contribution is 0.304. The second-order valence-electron chi connectivity index (χ2n) is 4.68. The van der Waals surface area contributed by atoms with Crippen LogP contribution in [0.15, 0.2) is 46.0 Å². The number of benzene rings is 1. The quantitative estimate of drug-likeness (QED) is 0.294. The number of ether oxygens (including phenoxy) is 1. The number of furan rings is 1. The summed E-state index contributed by atoms with van der Waals surface area (Å²) >= 11 is 0. The van der Waals surface area contributed by atoms with Gasteiger partial charge in [0, 0.05) is 26.1 Å². The summed E-state index contributed by atoms with van der Waals surface area (Å²) in [5, 5.41) is 6.16. The molecular weight excluding hydrogens is 431 g/mol. The van der Waals surface area contributed by atoms with E-state index >= 15 is 0 Å². The van der Waals surface area contributed by atoms with Crippen molar-refractivity contribution in [2.75, 3.05) is 26.7 Å². The van der Waals surface area contributed by atoms with E-state index in [-0.39, 0.29) is 36.3 Å². The minimum Gasteiger partial charge on any atom is -0.489 e. The Morgan fingerprint density at radius 2 is 2.00 bits per heavy atom. The van der Waals surface area contributed by atoms with E-state index < -0.39 is 11.6 Å². The third-order valence-corrected chi connectivity index (χ3v) is 3.01. The highest BCUT2D eigenvalue weighted by molar-refractivity contribution is 14.0. The number of aliphatic imine (C=N–C) groups is 1. The van der Waals surface area contributed by atoms with Crippen LogP contribution in [0.2, 0.25) is 0 Å². The first-order chi connectivity index (χ1) is 11.2. The normalized spacial score (nSPS) is 10.9. The summed E-state index contributed by atoms with van der Waals surface area (Å²) in [7, 11) is 1.66. The molecule has 2 N–H and O–H groups in total. The summed E-state index contributed by atoms with van der Waals surface area (Å²) in [6, 6.07) is 6.96. The summed E-state index contributed by atoms with van der Waals surface area (Å²) in [6.45, 7) is 1.32. The fourth-order valence-electron chi connectivity index (χ4n) is 1.90. The minimum absolute atomic E-state index is 0. The Morgan fingerprint density at radius 1 is 1.21 bits per heavy atom. The molecule has 5 nitrogen and oxygen atoms in total. The lowest BCUT2D eigenvalue weighted by Gasteiger charge is -2.12. The molecule has 0 bridgehead atoms. The Bertz CT molecular complexity index is 636. The van der Waals surface area contributed by atoms with Crippen LogP contribution in [0.4, 0.5) is 8.78 Å². The van der Waals surface area contributed by atoms with Gasteiger partial charge in [-0.05, 0) is 24.3 Å². The summed E-state index contributed by atoms with van der Waals surface area (Å²) in [4.78, 5) is 4.07. The van der Waals surface area contributed by atoms with E-state index in [1.807, 2.05) is 12.1 Å². The van der Waals surface area contributed by atoms with Crippen molar-refractivity contribution in [2.24, 2.45) is 4.99 Å². The van der Waals surface area contributed by atoms with Crippen LogP contribution in [0.1, 0.15) is 5.76 Å². The van der Waals surface area contributed by atoms with Crippen molar-refractivity contribution in [1.29, 1.82) is 0 Å². The van der Waals surface area contributed by atoms with Gasteiger partial charge in [0.15, 0.2) is 17.5 Å². The number of hydrogen-bond donors (Lipinski definition) is 2. The molecule has 0 aliphatic carbocycles. The smallest absolute Gasteiger partial charge is 0.191 e. The Morgan fingerprint density at radius 3 is 2.67 bits per heavy atom. The zero-order valence-electron chi connectivity index (χ0n) is 13.2. The van der Waals surface area contributed by atoms with Crippen LogP contribution in [0.5, 0.6) is 5.75 Å². The molecule has 0 spiro atoms. The average Bonchev–Trinajstić information content (AvgIpc) is 3.04. The lowest BCUT2D eigenvalue weighted by atomic mass is 10.3. The molecule has 24 heavy (non-hydrogen) atoms. The van der Waals surface area contributed by atoms with E-state index in [1.165, 1.54) is 6.07 Å². The fraction of sp³-hybridized carbons (Fsp3) is 0.312. The highest BCUT2D eigenvalue weighted by atomic mass is 127. The monoisotopic (exact) mass is 451 g/mol. The molecule has 1 aromatic carbocycles. The zero-order chi connectivity index (χ0) is 16.5. The summed E-state index contributed by atoms with van der Waals surface area (Å²) < 4.78 is 36.6. The topological polar surface area (TPSA) is 58.8 Å². The summed E-state index contributed by atoms with van der Waals surface area (Å²) in [6.07, 6.45) is 2.37. The van der Waals surface area contributed by atoms with Crippen LogP contribution < -0.4 is 15.4 Å². The van der Waals surface area contributed by atoms with Crippen LogP contribution in [-0.4, -0.2) is 32.7 Å². The molecule has 0 aliphatic rings. The molecule has 1 aromatic heterocycles. The van der Waals surface area contributed by atoms with Crippen LogP contribution in [0.3, 0.4) is 0 Å². The molecule has 0 saturated carbocycles. The summed E-state index contributed by atoms with van der Waals surface area (Å²) in [5.74, 6) is 0.178. The molecule has 0 aliphatic heterocycles. The first-order valence-electron chi connectivity index (χ1n) is 7.24. The van der Waals surface area contributed by atoms with Gasteiger partial charge in [-0.3, -0.25) is 4.99 Å². The highest BCUT2D eigenvalue weighted by Gasteiger charge is 2.05. The van der Waals surface area contributed by atoms with Crippen molar-refractivity contribution < 1.29 is 17.9 Å². The van der Waals surface area contributed by atoms with Crippen LogP contribution in [0, 0.1) is 11.6 Å². The Hall–Kier alpha value is -1.84. The zero-order valence-corrected chi connectivity index (χ0v) is 15.6. The van der Waals surface area contributed by atoms with Crippen LogP contribution in [-0.2, 0) is 6.42 Å². The summed E-state index contributed by atoms with van der Waals surface area (Å²) in [5.41, 5.74) is 0. The number of nitrogens with zero attached hydrogens (tertiary/aromatic N) is 1. The van der Waals surface area contributed by atoms with Gasteiger partial charge in [0.25, 0.3) is 0 Å². The van der Waals surface area contributed by atoms with Gasteiger partial charge >= 0.3 is 0 Å². The minimum atomic E-state index is -0.717. The van der Waals surface area contributed by atoms with Crippen molar-refractivity contribution in [3.63, 3.8) is 0 Å². The Kier molecular flexibility index (Phi) is 9.13. The second kappa shape index (κ2) is 10.8. The number of guanidine groups is 1. The predicted octanol–water partition coefficient (Wildman–Crippen LogP) is 2.96. The number of halogens is 3. The van der Waals surface area contributed by atoms with Crippen molar-refractivity contribution >= 4 is 29.9 Å². The molecular formula is C16H20F2IN3O2. The fourth-order valence-corrected chi connectivity index (χ4v) is 1.90. The van der Waals surface area contributed by atoms with Gasteiger partial charge in [0.1, 0.15) is 18.2 Å².